The van der Waals surface area contributed by atoms with Gasteiger partial charge in [-0.05, 0) is 30.3 Å². The number of amidine groups is 1. The Bertz CT molecular complexity index is 1290. The van der Waals surface area contributed by atoms with Gasteiger partial charge >= 0.3 is 0 Å². The van der Waals surface area contributed by atoms with Gasteiger partial charge in [-0.15, -0.1) is 0 Å². The van der Waals surface area contributed by atoms with Crippen molar-refractivity contribution in [3.63, 3.8) is 0 Å². The van der Waals surface area contributed by atoms with E-state index in [-0.39, 0.29) is 52.4 Å². The zero-order chi connectivity index (χ0) is 25.5. The van der Waals surface area contributed by atoms with Gasteiger partial charge in [0.1, 0.15) is 23.5 Å². The zero-order valence-corrected chi connectivity index (χ0v) is 18.9. The minimum Gasteiger partial charge on any atom is -0.463 e. The summed E-state index contributed by atoms with van der Waals surface area (Å²) in [6, 6.07) is 6.36. The first kappa shape index (κ1) is 24.3. The maximum atomic E-state index is 14.6. The van der Waals surface area contributed by atoms with Crippen LogP contribution in [0.4, 0.5) is 28.9 Å². The molecule has 2 fully saturated rings. The normalized spacial score (nSPS) is 20.2. The number of hydrogen-bond acceptors (Lipinski definition) is 6. The first-order chi connectivity index (χ1) is 16.7. The lowest BCUT2D eigenvalue weighted by molar-refractivity contribution is 0.0796. The van der Waals surface area contributed by atoms with E-state index >= 15 is 0 Å². The molecule has 0 radical (unpaired) electrons. The summed E-state index contributed by atoms with van der Waals surface area (Å²) in [4.78, 5) is 14.3. The zero-order valence-electron chi connectivity index (χ0n) is 18.9. The van der Waals surface area contributed by atoms with Gasteiger partial charge in [0.25, 0.3) is 11.8 Å². The molecule has 1 aliphatic heterocycles. The highest BCUT2D eigenvalue weighted by molar-refractivity contribution is 6.13. The molecule has 1 amide bonds. The monoisotopic (exact) mass is 492 g/mol. The third-order valence-electron chi connectivity index (χ3n) is 6.17. The average Bonchev–Trinajstić information content (AvgIpc) is 3.23. The van der Waals surface area contributed by atoms with Crippen LogP contribution in [0.1, 0.15) is 29.8 Å². The molecule has 2 unspecified atom stereocenters. The van der Waals surface area contributed by atoms with Crippen LogP contribution in [0.15, 0.2) is 46.1 Å². The number of amides is 1. The molecule has 12 heteroatoms. The molecule has 1 aromatic heterocycles. The van der Waals surface area contributed by atoms with Crippen molar-refractivity contribution in [1.29, 1.82) is 0 Å². The number of nitrogens with two attached hydrogens (primary N) is 2. The number of alkyl halides is 2. The fraction of sp³-hybridized carbons (Fsp3) is 0.304. The van der Waals surface area contributed by atoms with Gasteiger partial charge in [0, 0.05) is 24.2 Å². The Hall–Kier alpha value is -3.80. The van der Waals surface area contributed by atoms with E-state index in [2.05, 4.69) is 15.8 Å². The Balaban J connectivity index is 0.00000141. The predicted molar refractivity (Wildman–Crippen MR) is 124 cm³/mol. The number of furan rings is 1. The van der Waals surface area contributed by atoms with Crippen LogP contribution in [-0.2, 0) is 0 Å². The van der Waals surface area contributed by atoms with Crippen LogP contribution in [-0.4, -0.2) is 30.8 Å². The van der Waals surface area contributed by atoms with Gasteiger partial charge in [0.05, 0.1) is 28.7 Å². The standard InChI is InChI=1S/C21H18F4N6O2.C2H6/c22-15-4-10-12(8-33-18(10)5-11(15)19(29-26)30-27)20(32)28-9-1-2-17(16(23)3-9)31-6-13-14(7-31)21(13,24)25;1-2/h1-5,8,13-14H,6-7,26-27H2,(H,28,32)(H,29,30);1-2H3. The van der Waals surface area contributed by atoms with E-state index < -0.39 is 35.3 Å². The summed E-state index contributed by atoms with van der Waals surface area (Å²) in [5.74, 6) is 4.14. The minimum absolute atomic E-state index is 0.0220. The summed E-state index contributed by atoms with van der Waals surface area (Å²) in [7, 11) is 0. The fourth-order valence-corrected chi connectivity index (χ4v) is 4.33. The molecule has 2 aromatic carbocycles. The van der Waals surface area contributed by atoms with Crippen LogP contribution < -0.4 is 27.3 Å². The van der Waals surface area contributed by atoms with E-state index in [4.69, 9.17) is 16.1 Å². The molecule has 186 valence electrons. The van der Waals surface area contributed by atoms with Gasteiger partial charge in [0.15, 0.2) is 5.84 Å². The van der Waals surface area contributed by atoms with Gasteiger partial charge in [-0.1, -0.05) is 13.8 Å². The molecule has 1 aliphatic carbocycles. The van der Waals surface area contributed by atoms with Crippen molar-refractivity contribution in [2.45, 2.75) is 19.8 Å². The van der Waals surface area contributed by atoms with Crippen LogP contribution in [0.3, 0.4) is 0 Å². The molecule has 0 spiro atoms. The summed E-state index contributed by atoms with van der Waals surface area (Å²) in [6.45, 7) is 4.18. The Morgan fingerprint density at radius 2 is 1.80 bits per heavy atom. The summed E-state index contributed by atoms with van der Waals surface area (Å²) in [5, 5.41) is 6.05. The van der Waals surface area contributed by atoms with Crippen molar-refractivity contribution in [1.82, 2.24) is 5.43 Å². The molecule has 35 heavy (non-hydrogen) atoms. The highest BCUT2D eigenvalue weighted by Gasteiger charge is 2.71. The number of anilines is 2. The van der Waals surface area contributed by atoms with Crippen molar-refractivity contribution in [3.05, 3.63) is 59.4 Å². The largest absolute Gasteiger partial charge is 0.463 e. The fourth-order valence-electron chi connectivity index (χ4n) is 4.33. The molecule has 2 atom stereocenters. The number of hydrazone groups is 1. The minimum atomic E-state index is -2.66. The van der Waals surface area contributed by atoms with E-state index in [1.807, 2.05) is 13.8 Å². The van der Waals surface area contributed by atoms with E-state index in [0.717, 1.165) is 18.4 Å². The molecule has 2 heterocycles. The highest BCUT2D eigenvalue weighted by Crippen LogP contribution is 2.59. The molecule has 6 N–H and O–H groups in total. The average molecular weight is 492 g/mol. The van der Waals surface area contributed by atoms with E-state index in [1.165, 1.54) is 18.2 Å². The van der Waals surface area contributed by atoms with Crippen LogP contribution in [0.25, 0.3) is 11.0 Å². The number of nitrogens with zero attached hydrogens (tertiary/aromatic N) is 2. The topological polar surface area (TPSA) is 122 Å². The first-order valence-electron chi connectivity index (χ1n) is 10.9. The number of nitrogens with one attached hydrogen (secondary N) is 2. The molecule has 1 saturated carbocycles. The number of carbonyl (C=O) groups is 1. The Morgan fingerprint density at radius 3 is 2.40 bits per heavy atom. The lowest BCUT2D eigenvalue weighted by atomic mass is 10.1. The smallest absolute Gasteiger partial charge is 0.259 e. The maximum absolute atomic E-state index is 14.6. The molecular formula is C23H24F4N6O2. The van der Waals surface area contributed by atoms with Crippen molar-refractivity contribution in [3.8, 4) is 0 Å². The molecular weight excluding hydrogens is 468 g/mol. The third-order valence-corrected chi connectivity index (χ3v) is 6.17. The van der Waals surface area contributed by atoms with Crippen molar-refractivity contribution < 1.29 is 26.8 Å². The van der Waals surface area contributed by atoms with E-state index in [9.17, 15) is 22.4 Å². The van der Waals surface area contributed by atoms with Crippen molar-refractivity contribution in [2.75, 3.05) is 23.3 Å². The van der Waals surface area contributed by atoms with Crippen LogP contribution in [0.2, 0.25) is 0 Å². The lowest BCUT2D eigenvalue weighted by Gasteiger charge is -2.22. The maximum Gasteiger partial charge on any atom is 0.259 e. The van der Waals surface area contributed by atoms with Crippen LogP contribution >= 0.6 is 0 Å². The molecule has 2 aliphatic rings. The molecule has 1 saturated heterocycles. The van der Waals surface area contributed by atoms with Gasteiger partial charge in [-0.2, -0.15) is 5.10 Å². The number of hydrazine groups is 1. The molecule has 3 aromatic rings. The van der Waals surface area contributed by atoms with Gasteiger partial charge < -0.3 is 25.9 Å². The number of hydrogen-bond donors (Lipinski definition) is 4. The number of rotatable bonds is 4. The number of piperidine rings is 1. The Kier molecular flexibility index (Phi) is 6.32. The van der Waals surface area contributed by atoms with Crippen LogP contribution in [0.5, 0.6) is 0 Å². The molecule has 8 nitrogen and oxygen atoms in total. The second kappa shape index (κ2) is 9.10. The summed E-state index contributed by atoms with van der Waals surface area (Å²) >= 11 is 0. The Morgan fingerprint density at radius 1 is 1.11 bits per heavy atom. The molecule has 0 bridgehead atoms. The summed E-state index contributed by atoms with van der Waals surface area (Å²) < 4.78 is 61.3. The summed E-state index contributed by atoms with van der Waals surface area (Å²) in [5.41, 5.74) is 2.66. The van der Waals surface area contributed by atoms with E-state index in [0.29, 0.717) is 0 Å². The van der Waals surface area contributed by atoms with Gasteiger partial charge in [-0.25, -0.2) is 23.4 Å². The van der Waals surface area contributed by atoms with Crippen molar-refractivity contribution in [2.24, 2.45) is 28.6 Å². The Labute approximate surface area is 197 Å². The quantitative estimate of drug-likeness (QED) is 0.145. The molecule has 5 rings (SSSR count). The van der Waals surface area contributed by atoms with Gasteiger partial charge in [-0.3, -0.25) is 4.79 Å². The number of fused-ring (bicyclic) bond motifs is 2. The SMILES string of the molecule is CC.N/N=C(\NN)c1cc2occ(C(=O)Nc3ccc(N4CC5C(C4)C5(F)F)c(F)c3)c2cc1F. The van der Waals surface area contributed by atoms with Gasteiger partial charge in [0.2, 0.25) is 0 Å². The number of halogens is 4. The highest BCUT2D eigenvalue weighted by atomic mass is 19.3. The second-order valence-corrected chi connectivity index (χ2v) is 8.01. The predicted octanol–water partition coefficient (Wildman–Crippen LogP) is 3.77. The number of benzene rings is 2. The van der Waals surface area contributed by atoms with Crippen molar-refractivity contribution >= 4 is 34.1 Å². The second-order valence-electron chi connectivity index (χ2n) is 8.01. The summed E-state index contributed by atoms with van der Waals surface area (Å²) in [6.07, 6.45) is 1.14. The first-order valence-corrected chi connectivity index (χ1v) is 10.9. The number of carbonyl (C=O) groups excluding carboxylic acids is 1. The third kappa shape index (κ3) is 4.14. The van der Waals surface area contributed by atoms with E-state index in [1.54, 1.807) is 4.90 Å². The van der Waals surface area contributed by atoms with Crippen LogP contribution in [0, 0.1) is 23.5 Å². The lowest BCUT2D eigenvalue weighted by Crippen LogP contribution is -2.32.